The van der Waals surface area contributed by atoms with Gasteiger partial charge in [-0.1, -0.05) is 12.1 Å². The van der Waals surface area contributed by atoms with Crippen LogP contribution in [0.15, 0.2) is 36.4 Å². The molecular weight excluding hydrogens is 481 g/mol. The van der Waals surface area contributed by atoms with E-state index in [-0.39, 0.29) is 25.1 Å². The van der Waals surface area contributed by atoms with Gasteiger partial charge in [0.2, 0.25) is 0 Å². The largest absolute Gasteiger partial charge is 0.493 e. The second-order valence-corrected chi connectivity index (χ2v) is 8.23. The van der Waals surface area contributed by atoms with Gasteiger partial charge in [0, 0.05) is 24.2 Å². The van der Waals surface area contributed by atoms with Crippen molar-refractivity contribution >= 4 is 17.9 Å². The van der Waals surface area contributed by atoms with Crippen LogP contribution < -0.4 is 14.4 Å². The van der Waals surface area contributed by atoms with Crippen LogP contribution in [0.2, 0.25) is 0 Å². The Morgan fingerprint density at radius 1 is 1.08 bits per heavy atom. The van der Waals surface area contributed by atoms with Crippen LogP contribution in [0, 0.1) is 0 Å². The quantitative estimate of drug-likeness (QED) is 0.490. The van der Waals surface area contributed by atoms with Crippen molar-refractivity contribution in [2.24, 2.45) is 0 Å². The van der Waals surface area contributed by atoms with Crippen LogP contribution in [-0.4, -0.2) is 51.1 Å². The van der Waals surface area contributed by atoms with E-state index in [1.54, 1.807) is 26.0 Å². The van der Waals surface area contributed by atoms with Gasteiger partial charge in [-0.3, -0.25) is 9.80 Å². The molecule has 196 valence electrons. The summed E-state index contributed by atoms with van der Waals surface area (Å²) in [5.41, 5.74) is 0.434. The molecule has 0 aliphatic carbocycles. The van der Waals surface area contributed by atoms with Gasteiger partial charge in [0.05, 0.1) is 45.2 Å². The molecule has 3 rings (SSSR count). The van der Waals surface area contributed by atoms with E-state index in [1.165, 1.54) is 43.3 Å². The first-order chi connectivity index (χ1) is 17.0. The molecule has 0 radical (unpaired) electrons. The Kier molecular flexibility index (Phi) is 8.21. The monoisotopic (exact) mass is 510 g/mol. The highest BCUT2D eigenvalue weighted by molar-refractivity contribution is 5.91. The number of alkyl halides is 3. The molecule has 2 unspecified atom stereocenters. The molecule has 11 heteroatoms. The molecule has 1 aliphatic heterocycles. The van der Waals surface area contributed by atoms with Crippen LogP contribution in [0.3, 0.4) is 0 Å². The maximum Gasteiger partial charge on any atom is 0.416 e. The highest BCUT2D eigenvalue weighted by Gasteiger charge is 2.40. The minimum atomic E-state index is -4.53. The van der Waals surface area contributed by atoms with Crippen molar-refractivity contribution in [2.45, 2.75) is 45.1 Å². The van der Waals surface area contributed by atoms with E-state index in [4.69, 9.17) is 18.9 Å². The number of halogens is 3. The van der Waals surface area contributed by atoms with Gasteiger partial charge in [0.1, 0.15) is 0 Å². The molecule has 2 amide bonds. The predicted molar refractivity (Wildman–Crippen MR) is 125 cm³/mol. The summed E-state index contributed by atoms with van der Waals surface area (Å²) >= 11 is 0. The highest BCUT2D eigenvalue weighted by Crippen LogP contribution is 2.46. The van der Waals surface area contributed by atoms with Gasteiger partial charge in [-0.15, -0.1) is 0 Å². The van der Waals surface area contributed by atoms with Gasteiger partial charge in [-0.05, 0) is 44.0 Å². The van der Waals surface area contributed by atoms with Crippen molar-refractivity contribution in [2.75, 3.05) is 32.8 Å². The topological polar surface area (TPSA) is 77.5 Å². The average molecular weight is 511 g/mol. The van der Waals surface area contributed by atoms with Crippen LogP contribution in [0.25, 0.3) is 0 Å². The number of carbonyl (C=O) groups is 2. The zero-order chi connectivity index (χ0) is 26.6. The number of ether oxygens (including phenoxy) is 4. The molecule has 0 aromatic heterocycles. The van der Waals surface area contributed by atoms with E-state index in [2.05, 4.69) is 0 Å². The summed E-state index contributed by atoms with van der Waals surface area (Å²) in [5.74, 6) is 0.726. The molecule has 2 aromatic carbocycles. The molecule has 2 atom stereocenters. The van der Waals surface area contributed by atoms with Gasteiger partial charge in [-0.25, -0.2) is 9.59 Å². The summed E-state index contributed by atoms with van der Waals surface area (Å²) in [6, 6.07) is 6.98. The number of hydrogen-bond acceptors (Lipinski definition) is 6. The number of amides is 2. The third-order valence-corrected chi connectivity index (χ3v) is 6.01. The summed E-state index contributed by atoms with van der Waals surface area (Å²) in [5, 5.41) is 0. The van der Waals surface area contributed by atoms with Crippen LogP contribution in [-0.2, 0) is 22.2 Å². The number of nitrogens with zero attached hydrogens (tertiary/aromatic N) is 2. The molecule has 0 saturated heterocycles. The smallest absolute Gasteiger partial charge is 0.416 e. The molecule has 0 fully saturated rings. The summed E-state index contributed by atoms with van der Waals surface area (Å²) in [7, 11) is 4.11. The second kappa shape index (κ2) is 11.0. The lowest BCUT2D eigenvalue weighted by molar-refractivity contribution is -0.137. The Balaban J connectivity index is 2.13. The third-order valence-electron chi connectivity index (χ3n) is 6.01. The maximum atomic E-state index is 13.3. The fourth-order valence-electron chi connectivity index (χ4n) is 4.38. The summed E-state index contributed by atoms with van der Waals surface area (Å²) in [6.07, 6.45) is -5.55. The number of carbonyl (C=O) groups excluding carboxylic acids is 2. The normalized spacial score (nSPS) is 17.2. The molecule has 0 bridgehead atoms. The van der Waals surface area contributed by atoms with E-state index in [9.17, 15) is 22.8 Å². The minimum absolute atomic E-state index is 0.152. The zero-order valence-corrected chi connectivity index (χ0v) is 20.7. The SMILES string of the molecule is CCOC(=O)N1c2cc(OC)c(OC)cc2C(N(Cc2cccc(C(F)(F)F)c2)C(=O)OC)CC1C. The molecular formula is C25H29F3N2O6. The van der Waals surface area contributed by atoms with Crippen molar-refractivity contribution in [1.82, 2.24) is 4.90 Å². The summed E-state index contributed by atoms with van der Waals surface area (Å²) < 4.78 is 61.0. The van der Waals surface area contributed by atoms with E-state index >= 15 is 0 Å². The lowest BCUT2D eigenvalue weighted by Gasteiger charge is -2.42. The van der Waals surface area contributed by atoms with Gasteiger partial charge < -0.3 is 18.9 Å². The van der Waals surface area contributed by atoms with Gasteiger partial charge in [-0.2, -0.15) is 13.2 Å². The number of anilines is 1. The Hall–Kier alpha value is -3.63. The first-order valence-electron chi connectivity index (χ1n) is 11.3. The van der Waals surface area contributed by atoms with E-state index in [1.807, 2.05) is 0 Å². The lowest BCUT2D eigenvalue weighted by Crippen LogP contribution is -2.47. The number of benzene rings is 2. The van der Waals surface area contributed by atoms with Crippen molar-refractivity contribution < 1.29 is 41.7 Å². The van der Waals surface area contributed by atoms with E-state index in [0.29, 0.717) is 22.7 Å². The Labute approximate surface area is 207 Å². The molecule has 0 spiro atoms. The first kappa shape index (κ1) is 27.0. The first-order valence-corrected chi connectivity index (χ1v) is 11.3. The molecule has 36 heavy (non-hydrogen) atoms. The van der Waals surface area contributed by atoms with Crippen molar-refractivity contribution in [3.05, 3.63) is 53.1 Å². The Bertz CT molecular complexity index is 1110. The number of fused-ring (bicyclic) bond motifs is 1. The summed E-state index contributed by atoms with van der Waals surface area (Å²) in [6.45, 7) is 3.50. The third kappa shape index (κ3) is 5.44. The number of hydrogen-bond donors (Lipinski definition) is 0. The average Bonchev–Trinajstić information content (AvgIpc) is 2.85. The standard InChI is InChI=1S/C25H29F3N2O6/c1-6-36-24(32)30-15(2)10-19(18-12-21(33-3)22(34-4)13-20(18)30)29(23(31)35-5)14-16-8-7-9-17(11-16)25(26,27)28/h7-9,11-13,15,19H,6,10,14H2,1-5H3. The minimum Gasteiger partial charge on any atom is -0.493 e. The molecule has 1 aliphatic rings. The molecule has 1 heterocycles. The van der Waals surface area contributed by atoms with Crippen molar-refractivity contribution in [1.29, 1.82) is 0 Å². The summed E-state index contributed by atoms with van der Waals surface area (Å²) in [4.78, 5) is 28.6. The second-order valence-electron chi connectivity index (χ2n) is 8.23. The maximum absolute atomic E-state index is 13.3. The van der Waals surface area contributed by atoms with Crippen molar-refractivity contribution in [3.8, 4) is 11.5 Å². The van der Waals surface area contributed by atoms with Crippen LogP contribution in [0.5, 0.6) is 11.5 Å². The van der Waals surface area contributed by atoms with Gasteiger partial charge in [0.15, 0.2) is 11.5 Å². The van der Waals surface area contributed by atoms with Crippen LogP contribution in [0.1, 0.15) is 43.0 Å². The van der Waals surface area contributed by atoms with Crippen LogP contribution in [0.4, 0.5) is 28.4 Å². The lowest BCUT2D eigenvalue weighted by atomic mass is 9.90. The zero-order valence-electron chi connectivity index (χ0n) is 20.7. The molecule has 2 aromatic rings. The molecule has 0 N–H and O–H groups in total. The van der Waals surface area contributed by atoms with Crippen molar-refractivity contribution in [3.63, 3.8) is 0 Å². The highest BCUT2D eigenvalue weighted by atomic mass is 19.4. The predicted octanol–water partition coefficient (Wildman–Crippen LogP) is 5.79. The van der Waals surface area contributed by atoms with Crippen LogP contribution >= 0.6 is 0 Å². The number of rotatable bonds is 6. The fraction of sp³-hybridized carbons (Fsp3) is 0.440. The molecule has 0 saturated carbocycles. The molecule has 8 nitrogen and oxygen atoms in total. The number of methoxy groups -OCH3 is 3. The van der Waals surface area contributed by atoms with E-state index in [0.717, 1.165) is 12.1 Å². The van der Waals surface area contributed by atoms with E-state index < -0.39 is 36.0 Å². The Morgan fingerprint density at radius 2 is 1.75 bits per heavy atom. The van der Waals surface area contributed by atoms with Gasteiger partial charge in [0.25, 0.3) is 0 Å². The van der Waals surface area contributed by atoms with Gasteiger partial charge >= 0.3 is 18.4 Å². The Morgan fingerprint density at radius 3 is 2.33 bits per heavy atom. The fourth-order valence-corrected chi connectivity index (χ4v) is 4.38.